The number of nitrogens with one attached hydrogen (secondary N) is 1. The van der Waals surface area contributed by atoms with Gasteiger partial charge in [-0.2, -0.15) is 0 Å². The van der Waals surface area contributed by atoms with Crippen LogP contribution in [0.15, 0.2) is 63.5 Å². The molecular weight excluding hydrogens is 374 g/mol. The van der Waals surface area contributed by atoms with Gasteiger partial charge in [0.05, 0.1) is 0 Å². The molecule has 1 atom stereocenters. The van der Waals surface area contributed by atoms with Crippen molar-refractivity contribution in [2.45, 2.75) is 13.0 Å². The quantitative estimate of drug-likeness (QED) is 0.674. The Balaban J connectivity index is 1.64. The first-order valence-corrected chi connectivity index (χ1v) is 8.08. The fraction of sp³-hybridized carbons (Fsp3) is 0.111. The molecule has 0 bridgehead atoms. The average molecular weight is 388 g/mol. The maximum absolute atomic E-state index is 12.1. The summed E-state index contributed by atoms with van der Waals surface area (Å²) in [4.78, 5) is 24.2. The van der Waals surface area contributed by atoms with E-state index in [2.05, 4.69) is 21.2 Å². The minimum absolute atomic E-state index is 0.0690. The number of anilines is 1. The highest BCUT2D eigenvalue weighted by atomic mass is 79.9. The van der Waals surface area contributed by atoms with Crippen molar-refractivity contribution in [3.05, 3.63) is 64.8 Å². The Hall–Kier alpha value is -2.60. The number of benzene rings is 2. The lowest BCUT2D eigenvalue weighted by Crippen LogP contribution is -2.29. The zero-order chi connectivity index (χ0) is 17.1. The van der Waals surface area contributed by atoms with Crippen molar-refractivity contribution in [1.29, 1.82) is 0 Å². The Morgan fingerprint density at radius 2 is 1.83 bits per heavy atom. The number of rotatable bonds is 4. The van der Waals surface area contributed by atoms with E-state index >= 15 is 0 Å². The topological polar surface area (TPSA) is 68.5 Å². The second-order valence-electron chi connectivity index (χ2n) is 5.19. The molecule has 0 fully saturated rings. The van der Waals surface area contributed by atoms with Gasteiger partial charge in [0.15, 0.2) is 6.10 Å². The van der Waals surface area contributed by atoms with Crippen LogP contribution >= 0.6 is 15.9 Å². The first-order valence-electron chi connectivity index (χ1n) is 7.29. The summed E-state index contributed by atoms with van der Waals surface area (Å²) in [5.41, 5.74) is 1.21. The first-order chi connectivity index (χ1) is 11.5. The molecule has 0 aliphatic heterocycles. The molecule has 5 nitrogen and oxygen atoms in total. The monoisotopic (exact) mass is 387 g/mol. The number of halogens is 1. The van der Waals surface area contributed by atoms with E-state index in [-0.39, 0.29) is 5.76 Å². The molecule has 0 aliphatic carbocycles. The van der Waals surface area contributed by atoms with Crippen LogP contribution in [0, 0.1) is 0 Å². The molecule has 1 amide bonds. The van der Waals surface area contributed by atoms with Gasteiger partial charge in [-0.25, -0.2) is 4.79 Å². The molecule has 0 saturated heterocycles. The second-order valence-corrected chi connectivity index (χ2v) is 6.11. The Morgan fingerprint density at radius 1 is 1.12 bits per heavy atom. The molecule has 122 valence electrons. The molecule has 2 aromatic carbocycles. The number of esters is 1. The van der Waals surface area contributed by atoms with Crippen LogP contribution in [-0.2, 0) is 9.53 Å². The summed E-state index contributed by atoms with van der Waals surface area (Å²) in [6, 6.07) is 16.0. The molecule has 0 radical (unpaired) electrons. The Morgan fingerprint density at radius 3 is 2.54 bits per heavy atom. The smallest absolute Gasteiger partial charge is 0.375 e. The molecule has 1 N–H and O–H groups in total. The minimum Gasteiger partial charge on any atom is -0.449 e. The average Bonchev–Trinajstić information content (AvgIpc) is 3.01. The van der Waals surface area contributed by atoms with E-state index in [1.807, 2.05) is 18.2 Å². The van der Waals surface area contributed by atoms with Gasteiger partial charge in [-0.1, -0.05) is 34.1 Å². The van der Waals surface area contributed by atoms with E-state index in [1.165, 1.54) is 6.92 Å². The van der Waals surface area contributed by atoms with Crippen molar-refractivity contribution in [2.75, 3.05) is 5.32 Å². The van der Waals surface area contributed by atoms with Crippen LogP contribution in [0.1, 0.15) is 17.5 Å². The molecule has 1 heterocycles. The first kappa shape index (κ1) is 16.3. The van der Waals surface area contributed by atoms with Crippen molar-refractivity contribution in [3.63, 3.8) is 0 Å². The summed E-state index contributed by atoms with van der Waals surface area (Å²) in [6.45, 7) is 1.51. The van der Waals surface area contributed by atoms with Crippen molar-refractivity contribution in [3.8, 4) is 0 Å². The number of hydrogen-bond donors (Lipinski definition) is 1. The van der Waals surface area contributed by atoms with E-state index < -0.39 is 18.0 Å². The number of amides is 1. The molecular formula is C18H14BrNO4. The zero-order valence-electron chi connectivity index (χ0n) is 12.8. The predicted molar refractivity (Wildman–Crippen MR) is 93.9 cm³/mol. The van der Waals surface area contributed by atoms with Crippen LogP contribution < -0.4 is 5.32 Å². The lowest BCUT2D eigenvalue weighted by Gasteiger charge is -2.12. The van der Waals surface area contributed by atoms with Crippen molar-refractivity contribution in [1.82, 2.24) is 0 Å². The molecule has 0 saturated carbocycles. The molecule has 6 heteroatoms. The number of para-hydroxylation sites is 1. The normalized spacial score (nSPS) is 11.9. The van der Waals surface area contributed by atoms with Gasteiger partial charge in [0.1, 0.15) is 5.58 Å². The van der Waals surface area contributed by atoms with Crippen LogP contribution in [0.3, 0.4) is 0 Å². The van der Waals surface area contributed by atoms with Gasteiger partial charge in [0.2, 0.25) is 5.76 Å². The fourth-order valence-electron chi connectivity index (χ4n) is 2.13. The van der Waals surface area contributed by atoms with E-state index in [9.17, 15) is 9.59 Å². The van der Waals surface area contributed by atoms with Crippen molar-refractivity contribution >= 4 is 44.5 Å². The number of ether oxygens (including phenoxy) is 1. The van der Waals surface area contributed by atoms with E-state index in [4.69, 9.17) is 9.15 Å². The highest BCUT2D eigenvalue weighted by Crippen LogP contribution is 2.20. The number of hydrogen-bond acceptors (Lipinski definition) is 4. The van der Waals surface area contributed by atoms with Crippen LogP contribution in [0.2, 0.25) is 0 Å². The summed E-state index contributed by atoms with van der Waals surface area (Å²) in [6.07, 6.45) is -0.950. The van der Waals surface area contributed by atoms with Crippen LogP contribution in [0.5, 0.6) is 0 Å². The molecule has 24 heavy (non-hydrogen) atoms. The lowest BCUT2D eigenvalue weighted by molar-refractivity contribution is -0.123. The summed E-state index contributed by atoms with van der Waals surface area (Å²) >= 11 is 3.32. The van der Waals surface area contributed by atoms with Gasteiger partial charge < -0.3 is 14.5 Å². The summed E-state index contributed by atoms with van der Waals surface area (Å²) in [5.74, 6) is -1.02. The number of furan rings is 1. The van der Waals surface area contributed by atoms with Gasteiger partial charge in [0.25, 0.3) is 5.91 Å². The number of carbonyl (C=O) groups excluding carboxylic acids is 2. The third-order valence-corrected chi connectivity index (χ3v) is 3.92. The second kappa shape index (κ2) is 6.88. The maximum Gasteiger partial charge on any atom is 0.375 e. The molecule has 0 spiro atoms. The molecule has 0 aliphatic rings. The predicted octanol–water partition coefficient (Wildman–Crippen LogP) is 4.38. The molecule has 0 unspecified atom stereocenters. The standard InChI is InChI=1S/C18H14BrNO4/c1-11(17(21)20-14-8-6-13(19)7-9-14)23-18(22)16-10-12-4-2-3-5-15(12)24-16/h2-11H,1H3,(H,20,21)/t11-/m0/s1. The molecule has 3 rings (SSSR count). The molecule has 1 aromatic heterocycles. The highest BCUT2D eigenvalue weighted by molar-refractivity contribution is 9.10. The largest absolute Gasteiger partial charge is 0.449 e. The van der Waals surface area contributed by atoms with Gasteiger partial charge >= 0.3 is 5.97 Å². The fourth-order valence-corrected chi connectivity index (χ4v) is 2.40. The van der Waals surface area contributed by atoms with Crippen LogP contribution in [-0.4, -0.2) is 18.0 Å². The van der Waals surface area contributed by atoms with Gasteiger partial charge in [-0.3, -0.25) is 4.79 Å². The summed E-state index contributed by atoms with van der Waals surface area (Å²) in [5, 5.41) is 3.49. The van der Waals surface area contributed by atoms with E-state index in [1.54, 1.807) is 36.4 Å². The summed E-state index contributed by atoms with van der Waals surface area (Å²) < 4.78 is 11.5. The third-order valence-electron chi connectivity index (χ3n) is 3.39. The van der Waals surface area contributed by atoms with Crippen molar-refractivity contribution in [2.24, 2.45) is 0 Å². The SMILES string of the molecule is C[C@H](OC(=O)c1cc2ccccc2o1)C(=O)Nc1ccc(Br)cc1. The van der Waals surface area contributed by atoms with Crippen LogP contribution in [0.4, 0.5) is 5.69 Å². The highest BCUT2D eigenvalue weighted by Gasteiger charge is 2.21. The third kappa shape index (κ3) is 3.65. The summed E-state index contributed by atoms with van der Waals surface area (Å²) in [7, 11) is 0. The maximum atomic E-state index is 12.1. The number of fused-ring (bicyclic) bond motifs is 1. The zero-order valence-corrected chi connectivity index (χ0v) is 14.4. The Bertz CT molecular complexity index is 852. The Labute approximate surface area is 146 Å². The molecule has 3 aromatic rings. The van der Waals surface area contributed by atoms with Gasteiger partial charge in [0, 0.05) is 15.5 Å². The Kier molecular flexibility index (Phi) is 4.66. The van der Waals surface area contributed by atoms with E-state index in [0.29, 0.717) is 11.3 Å². The van der Waals surface area contributed by atoms with Crippen molar-refractivity contribution < 1.29 is 18.7 Å². The number of carbonyl (C=O) groups is 2. The minimum atomic E-state index is -0.950. The van der Waals surface area contributed by atoms with E-state index in [0.717, 1.165) is 9.86 Å². The van der Waals surface area contributed by atoms with Gasteiger partial charge in [-0.15, -0.1) is 0 Å². The lowest BCUT2D eigenvalue weighted by atomic mass is 10.2. The van der Waals surface area contributed by atoms with Gasteiger partial charge in [-0.05, 0) is 43.3 Å². The van der Waals surface area contributed by atoms with Crippen LogP contribution in [0.25, 0.3) is 11.0 Å².